The van der Waals surface area contributed by atoms with E-state index in [1.807, 2.05) is 6.07 Å². The second-order valence-electron chi connectivity index (χ2n) is 6.05. The molecule has 1 unspecified atom stereocenters. The van der Waals surface area contributed by atoms with Crippen molar-refractivity contribution in [3.05, 3.63) is 77.6 Å². The molecule has 2 N–H and O–H groups in total. The zero-order valence-electron chi connectivity index (χ0n) is 13.5. The van der Waals surface area contributed by atoms with E-state index < -0.39 is 5.97 Å². The third-order valence-corrected chi connectivity index (χ3v) is 4.45. The predicted octanol–water partition coefficient (Wildman–Crippen LogP) is 3.18. The Morgan fingerprint density at radius 2 is 2.04 bits per heavy atom. The molecular weight excluding hydrogens is 337 g/mol. The lowest BCUT2D eigenvalue weighted by Gasteiger charge is -2.26. The van der Waals surface area contributed by atoms with Gasteiger partial charge in [0, 0.05) is 36.6 Å². The molecule has 1 aliphatic rings. The second kappa shape index (κ2) is 6.11. The first kappa shape index (κ1) is 16.0. The van der Waals surface area contributed by atoms with E-state index in [4.69, 9.17) is 0 Å². The minimum absolute atomic E-state index is 0.00809. The highest BCUT2D eigenvalue weighted by Crippen LogP contribution is 2.41. The van der Waals surface area contributed by atoms with Gasteiger partial charge in [-0.1, -0.05) is 6.07 Å². The zero-order chi connectivity index (χ0) is 18.3. The largest absolute Gasteiger partial charge is 0.478 e. The average Bonchev–Trinajstić information content (AvgIpc) is 3.02. The number of fused-ring (bicyclic) bond motifs is 1. The van der Waals surface area contributed by atoms with E-state index in [1.54, 1.807) is 35.2 Å². The Morgan fingerprint density at radius 1 is 1.27 bits per heavy atom. The Hall–Kier alpha value is -3.48. The number of nitrogens with zero attached hydrogens (tertiary/aromatic N) is 2. The summed E-state index contributed by atoms with van der Waals surface area (Å²) >= 11 is 0. The molecular formula is C19H14FN3O3. The van der Waals surface area contributed by atoms with Crippen molar-refractivity contribution in [1.29, 1.82) is 0 Å². The van der Waals surface area contributed by atoms with Gasteiger partial charge in [0.1, 0.15) is 11.4 Å². The Balaban J connectivity index is 1.97. The molecule has 1 amide bonds. The number of carbonyl (C=O) groups is 2. The minimum Gasteiger partial charge on any atom is -0.478 e. The number of anilines is 1. The monoisotopic (exact) mass is 351 g/mol. The van der Waals surface area contributed by atoms with Crippen molar-refractivity contribution in [2.45, 2.75) is 12.3 Å². The van der Waals surface area contributed by atoms with Gasteiger partial charge < -0.3 is 15.0 Å². The van der Waals surface area contributed by atoms with Crippen molar-refractivity contribution >= 4 is 17.6 Å². The standard InChI is InChI=1S/C19H14FN3O3/c20-12-3-5-13(6-4-12)23-10-15(19(25)26)17-18(23)14(8-16(24)22-17)11-2-1-7-21-9-11/h1-7,9-10,14H,8H2,(H,22,24)(H,25,26). The minimum atomic E-state index is -1.14. The van der Waals surface area contributed by atoms with Crippen LogP contribution in [-0.2, 0) is 4.79 Å². The van der Waals surface area contributed by atoms with Crippen molar-refractivity contribution in [2.75, 3.05) is 5.32 Å². The topological polar surface area (TPSA) is 84.2 Å². The van der Waals surface area contributed by atoms with Crippen LogP contribution in [0.25, 0.3) is 5.69 Å². The first-order chi connectivity index (χ1) is 12.5. The molecule has 0 fully saturated rings. The van der Waals surface area contributed by atoms with Crippen LogP contribution < -0.4 is 5.32 Å². The second-order valence-corrected chi connectivity index (χ2v) is 6.05. The maximum Gasteiger partial charge on any atom is 0.339 e. The highest BCUT2D eigenvalue weighted by Gasteiger charge is 2.34. The van der Waals surface area contributed by atoms with Crippen LogP contribution in [0.1, 0.15) is 34.0 Å². The summed E-state index contributed by atoms with van der Waals surface area (Å²) in [6.07, 6.45) is 4.92. The van der Waals surface area contributed by atoms with E-state index >= 15 is 0 Å². The molecule has 0 aliphatic carbocycles. The van der Waals surface area contributed by atoms with E-state index in [0.29, 0.717) is 11.4 Å². The molecule has 130 valence electrons. The van der Waals surface area contributed by atoms with Crippen molar-refractivity contribution in [1.82, 2.24) is 9.55 Å². The van der Waals surface area contributed by atoms with Crippen molar-refractivity contribution < 1.29 is 19.1 Å². The number of aromatic nitrogens is 2. The van der Waals surface area contributed by atoms with Crippen LogP contribution >= 0.6 is 0 Å². The molecule has 0 spiro atoms. The average molecular weight is 351 g/mol. The van der Waals surface area contributed by atoms with Gasteiger partial charge in [-0.15, -0.1) is 0 Å². The predicted molar refractivity (Wildman–Crippen MR) is 92.0 cm³/mol. The summed E-state index contributed by atoms with van der Waals surface area (Å²) in [6.45, 7) is 0. The highest BCUT2D eigenvalue weighted by atomic mass is 19.1. The number of hydrogen-bond acceptors (Lipinski definition) is 3. The van der Waals surface area contributed by atoms with E-state index in [-0.39, 0.29) is 35.3 Å². The van der Waals surface area contributed by atoms with Crippen LogP contribution in [0.15, 0.2) is 55.0 Å². The molecule has 2 aromatic heterocycles. The lowest BCUT2D eigenvalue weighted by atomic mass is 9.89. The number of carboxylic acids is 1. The van der Waals surface area contributed by atoms with Crippen LogP contribution in [0.4, 0.5) is 10.1 Å². The fourth-order valence-electron chi connectivity index (χ4n) is 3.30. The summed E-state index contributed by atoms with van der Waals surface area (Å²) in [4.78, 5) is 28.0. The third kappa shape index (κ3) is 2.63. The van der Waals surface area contributed by atoms with Crippen LogP contribution in [0.2, 0.25) is 0 Å². The Kier molecular flexibility index (Phi) is 3.76. The molecule has 0 bridgehead atoms. The molecule has 0 saturated carbocycles. The van der Waals surface area contributed by atoms with Gasteiger partial charge in [0.15, 0.2) is 0 Å². The number of carboxylic acid groups (broad SMARTS) is 1. The first-order valence-corrected chi connectivity index (χ1v) is 7.99. The number of nitrogens with one attached hydrogen (secondary N) is 1. The summed E-state index contributed by atoms with van der Waals surface area (Å²) in [5.41, 5.74) is 2.32. The fourth-order valence-corrected chi connectivity index (χ4v) is 3.30. The number of halogens is 1. The molecule has 4 rings (SSSR count). The molecule has 3 aromatic rings. The number of hydrogen-bond donors (Lipinski definition) is 2. The quantitative estimate of drug-likeness (QED) is 0.759. The van der Waals surface area contributed by atoms with Crippen LogP contribution in [0, 0.1) is 5.82 Å². The number of amides is 1. The molecule has 26 heavy (non-hydrogen) atoms. The molecule has 1 aromatic carbocycles. The smallest absolute Gasteiger partial charge is 0.339 e. The van der Waals surface area contributed by atoms with E-state index in [9.17, 15) is 19.1 Å². The number of carbonyl (C=O) groups excluding carboxylic acids is 1. The van der Waals surface area contributed by atoms with E-state index in [0.717, 1.165) is 5.56 Å². The molecule has 7 heteroatoms. The van der Waals surface area contributed by atoms with Gasteiger partial charge in [0.2, 0.25) is 5.91 Å². The first-order valence-electron chi connectivity index (χ1n) is 7.99. The number of aromatic carboxylic acids is 1. The van der Waals surface area contributed by atoms with Crippen molar-refractivity contribution in [2.24, 2.45) is 0 Å². The molecule has 6 nitrogen and oxygen atoms in total. The maximum atomic E-state index is 13.3. The molecule has 1 aliphatic heterocycles. The summed E-state index contributed by atoms with van der Waals surface area (Å²) in [5, 5.41) is 12.2. The van der Waals surface area contributed by atoms with Gasteiger partial charge in [-0.2, -0.15) is 0 Å². The molecule has 3 heterocycles. The summed E-state index contributed by atoms with van der Waals surface area (Å²) in [6, 6.07) is 9.37. The summed E-state index contributed by atoms with van der Waals surface area (Å²) < 4.78 is 15.0. The fraction of sp³-hybridized carbons (Fsp3) is 0.105. The third-order valence-electron chi connectivity index (χ3n) is 4.45. The number of rotatable bonds is 3. The number of pyridine rings is 1. The van der Waals surface area contributed by atoms with Gasteiger partial charge in [0.05, 0.1) is 11.4 Å². The van der Waals surface area contributed by atoms with Gasteiger partial charge in [-0.25, -0.2) is 9.18 Å². The van der Waals surface area contributed by atoms with Crippen LogP contribution in [0.3, 0.4) is 0 Å². The van der Waals surface area contributed by atoms with E-state index in [2.05, 4.69) is 10.3 Å². The summed E-state index contributed by atoms with van der Waals surface area (Å²) in [5.74, 6) is -2.14. The highest BCUT2D eigenvalue weighted by molar-refractivity contribution is 6.04. The number of benzene rings is 1. The van der Waals surface area contributed by atoms with Crippen molar-refractivity contribution in [3.63, 3.8) is 0 Å². The van der Waals surface area contributed by atoms with Gasteiger partial charge in [-0.05, 0) is 35.9 Å². The zero-order valence-corrected chi connectivity index (χ0v) is 13.5. The summed E-state index contributed by atoms with van der Waals surface area (Å²) in [7, 11) is 0. The van der Waals surface area contributed by atoms with Crippen molar-refractivity contribution in [3.8, 4) is 5.69 Å². The Labute approximate surface area is 147 Å². The Bertz CT molecular complexity index is 997. The maximum absolute atomic E-state index is 13.3. The molecule has 0 saturated heterocycles. The van der Waals surface area contributed by atoms with Crippen LogP contribution in [-0.4, -0.2) is 26.5 Å². The normalized spacial score (nSPS) is 16.0. The molecule has 0 radical (unpaired) electrons. The lowest BCUT2D eigenvalue weighted by Crippen LogP contribution is -2.25. The van der Waals surface area contributed by atoms with E-state index in [1.165, 1.54) is 18.3 Å². The Morgan fingerprint density at radius 3 is 2.69 bits per heavy atom. The van der Waals surface area contributed by atoms with Gasteiger partial charge >= 0.3 is 5.97 Å². The lowest BCUT2D eigenvalue weighted by molar-refractivity contribution is -0.116. The SMILES string of the molecule is O=C1CC(c2cccnc2)c2c(c(C(=O)O)cn2-c2ccc(F)cc2)N1. The molecule has 1 atom stereocenters. The van der Waals surface area contributed by atoms with Gasteiger partial charge in [-0.3, -0.25) is 9.78 Å². The van der Waals surface area contributed by atoms with Gasteiger partial charge in [0.25, 0.3) is 0 Å². The van der Waals surface area contributed by atoms with Crippen LogP contribution in [0.5, 0.6) is 0 Å².